The van der Waals surface area contributed by atoms with E-state index in [1.807, 2.05) is 12.1 Å². The van der Waals surface area contributed by atoms with Crippen LogP contribution in [0, 0.1) is 5.92 Å². The van der Waals surface area contributed by atoms with Gasteiger partial charge >= 0.3 is 0 Å². The molecule has 7 nitrogen and oxygen atoms in total. The fraction of sp³-hybridized carbons (Fsp3) is 0.625. The van der Waals surface area contributed by atoms with E-state index in [4.69, 9.17) is 9.47 Å². The van der Waals surface area contributed by atoms with Gasteiger partial charge in [-0.15, -0.1) is 0 Å². The lowest BCUT2D eigenvalue weighted by molar-refractivity contribution is 0.0302. The van der Waals surface area contributed by atoms with Gasteiger partial charge in [0.1, 0.15) is 5.82 Å². The number of aromatic nitrogens is 1. The second-order valence-corrected chi connectivity index (χ2v) is 5.88. The van der Waals surface area contributed by atoms with E-state index >= 15 is 0 Å². The molecule has 7 heteroatoms. The van der Waals surface area contributed by atoms with Crippen molar-refractivity contribution >= 4 is 11.7 Å². The van der Waals surface area contributed by atoms with Crippen LogP contribution >= 0.6 is 0 Å². The molecule has 126 valence electrons. The number of amides is 1. The number of hydrogen-bond donors (Lipinski definition) is 1. The number of morpholine rings is 1. The number of carbonyl (C=O) groups is 1. The maximum absolute atomic E-state index is 12.4. The summed E-state index contributed by atoms with van der Waals surface area (Å²) in [5.41, 5.74) is 0.598. The highest BCUT2D eigenvalue weighted by Gasteiger charge is 2.21. The van der Waals surface area contributed by atoms with E-state index in [9.17, 15) is 9.90 Å². The fourth-order valence-electron chi connectivity index (χ4n) is 2.85. The van der Waals surface area contributed by atoms with Crippen molar-refractivity contribution < 1.29 is 19.4 Å². The third kappa shape index (κ3) is 3.99. The van der Waals surface area contributed by atoms with Crippen molar-refractivity contribution in [3.8, 4) is 0 Å². The molecular formula is C16H23N3O4. The van der Waals surface area contributed by atoms with Crippen molar-refractivity contribution in [2.45, 2.75) is 0 Å². The minimum absolute atomic E-state index is 0.000200. The molecule has 0 bridgehead atoms. The molecule has 1 amide bonds. The monoisotopic (exact) mass is 321 g/mol. The molecule has 1 aromatic rings. The predicted octanol–water partition coefficient (Wildman–Crippen LogP) is -0.000900. The molecule has 2 saturated heterocycles. The number of aliphatic hydroxyl groups is 1. The van der Waals surface area contributed by atoms with E-state index in [0.717, 1.165) is 12.4 Å². The molecule has 2 aliphatic heterocycles. The molecule has 0 radical (unpaired) electrons. The van der Waals surface area contributed by atoms with E-state index in [0.29, 0.717) is 51.6 Å². The number of ether oxygens (including phenoxy) is 2. The third-order valence-electron chi connectivity index (χ3n) is 4.21. The van der Waals surface area contributed by atoms with Crippen LogP contribution < -0.4 is 4.90 Å². The summed E-state index contributed by atoms with van der Waals surface area (Å²) in [4.78, 5) is 20.7. The van der Waals surface area contributed by atoms with Gasteiger partial charge in [-0.2, -0.15) is 0 Å². The third-order valence-corrected chi connectivity index (χ3v) is 4.21. The maximum atomic E-state index is 12.4. The van der Waals surface area contributed by atoms with Gasteiger partial charge in [-0.25, -0.2) is 4.98 Å². The summed E-state index contributed by atoms with van der Waals surface area (Å²) in [6, 6.07) is 3.69. The zero-order valence-corrected chi connectivity index (χ0v) is 13.2. The van der Waals surface area contributed by atoms with Crippen molar-refractivity contribution in [3.05, 3.63) is 23.9 Å². The minimum atomic E-state index is -0.000200. The van der Waals surface area contributed by atoms with Crippen LogP contribution in [0.15, 0.2) is 18.3 Å². The van der Waals surface area contributed by atoms with Crippen molar-refractivity contribution in [3.63, 3.8) is 0 Å². The molecule has 23 heavy (non-hydrogen) atoms. The first-order chi connectivity index (χ1) is 11.3. The second kappa shape index (κ2) is 7.72. The Morgan fingerprint density at radius 1 is 1.22 bits per heavy atom. The number of pyridine rings is 1. The Bertz CT molecular complexity index is 517. The molecule has 0 unspecified atom stereocenters. The van der Waals surface area contributed by atoms with Crippen molar-refractivity contribution in [1.29, 1.82) is 0 Å². The topological polar surface area (TPSA) is 75.1 Å². The summed E-state index contributed by atoms with van der Waals surface area (Å²) in [5.74, 6) is 0.904. The van der Waals surface area contributed by atoms with Gasteiger partial charge in [0, 0.05) is 44.9 Å². The number of rotatable bonds is 3. The summed E-state index contributed by atoms with van der Waals surface area (Å²) in [6.45, 7) is 5.17. The van der Waals surface area contributed by atoms with Gasteiger partial charge in [-0.1, -0.05) is 0 Å². The standard InChI is InChI=1S/C16H23N3O4/c20-11-13-10-19(5-8-23-12-13)15-2-1-14(9-17-15)16(21)18-3-6-22-7-4-18/h1-2,9,13,20H,3-8,10-12H2/t13-/m0/s1. The van der Waals surface area contributed by atoms with Gasteiger partial charge in [0.25, 0.3) is 5.91 Å². The molecule has 0 aliphatic carbocycles. The Morgan fingerprint density at radius 3 is 2.70 bits per heavy atom. The Balaban J connectivity index is 1.67. The minimum Gasteiger partial charge on any atom is -0.396 e. The number of aliphatic hydroxyl groups excluding tert-OH is 1. The van der Waals surface area contributed by atoms with Crippen LogP contribution in [0.5, 0.6) is 0 Å². The summed E-state index contributed by atoms with van der Waals surface area (Å²) in [5, 5.41) is 9.35. The first-order valence-corrected chi connectivity index (χ1v) is 8.04. The van der Waals surface area contributed by atoms with Gasteiger partial charge in [0.15, 0.2) is 0 Å². The van der Waals surface area contributed by atoms with Crippen molar-refractivity contribution in [2.24, 2.45) is 5.92 Å². The highest BCUT2D eigenvalue weighted by atomic mass is 16.5. The first-order valence-electron chi connectivity index (χ1n) is 8.04. The van der Waals surface area contributed by atoms with Crippen molar-refractivity contribution in [1.82, 2.24) is 9.88 Å². The molecule has 0 aromatic carbocycles. The number of hydrogen-bond acceptors (Lipinski definition) is 6. The van der Waals surface area contributed by atoms with E-state index in [1.54, 1.807) is 11.1 Å². The highest BCUT2D eigenvalue weighted by Crippen LogP contribution is 2.17. The molecule has 3 rings (SSSR count). The molecule has 2 fully saturated rings. The molecule has 3 heterocycles. The molecule has 0 spiro atoms. The highest BCUT2D eigenvalue weighted by molar-refractivity contribution is 5.94. The van der Waals surface area contributed by atoms with E-state index in [2.05, 4.69) is 9.88 Å². The second-order valence-electron chi connectivity index (χ2n) is 5.88. The molecule has 1 atom stereocenters. The molecule has 1 N–H and O–H groups in total. The predicted molar refractivity (Wildman–Crippen MR) is 84.6 cm³/mol. The van der Waals surface area contributed by atoms with Gasteiger partial charge < -0.3 is 24.4 Å². The van der Waals surface area contributed by atoms with Gasteiger partial charge in [0.05, 0.1) is 32.0 Å². The summed E-state index contributed by atoms with van der Waals surface area (Å²) in [7, 11) is 0. The van der Waals surface area contributed by atoms with Crippen LogP contribution in [-0.4, -0.2) is 80.1 Å². The van der Waals surface area contributed by atoms with Gasteiger partial charge in [0.2, 0.25) is 0 Å². The summed E-state index contributed by atoms with van der Waals surface area (Å²) >= 11 is 0. The molecule has 1 aromatic heterocycles. The number of carbonyl (C=O) groups excluding carboxylic acids is 1. The zero-order valence-electron chi connectivity index (χ0n) is 13.2. The van der Waals surface area contributed by atoms with E-state index < -0.39 is 0 Å². The fourth-order valence-corrected chi connectivity index (χ4v) is 2.85. The normalized spacial score (nSPS) is 22.7. The van der Waals surface area contributed by atoms with Crippen LogP contribution in [-0.2, 0) is 9.47 Å². The Kier molecular flexibility index (Phi) is 5.43. The summed E-state index contributed by atoms with van der Waals surface area (Å²) in [6.07, 6.45) is 1.63. The average Bonchev–Trinajstić information content (AvgIpc) is 2.88. The lowest BCUT2D eigenvalue weighted by Gasteiger charge is -2.27. The first kappa shape index (κ1) is 16.2. The van der Waals surface area contributed by atoms with Crippen molar-refractivity contribution in [2.75, 3.05) is 64.1 Å². The molecule has 0 saturated carbocycles. The quantitative estimate of drug-likeness (QED) is 0.845. The van der Waals surface area contributed by atoms with Crippen LogP contribution in [0.2, 0.25) is 0 Å². The Hall–Kier alpha value is -1.70. The Morgan fingerprint density at radius 2 is 2.00 bits per heavy atom. The summed E-state index contributed by atoms with van der Waals surface area (Å²) < 4.78 is 10.8. The van der Waals surface area contributed by atoms with E-state index in [1.165, 1.54) is 0 Å². The largest absolute Gasteiger partial charge is 0.396 e. The molecular weight excluding hydrogens is 298 g/mol. The maximum Gasteiger partial charge on any atom is 0.255 e. The van der Waals surface area contributed by atoms with Crippen LogP contribution in [0.25, 0.3) is 0 Å². The zero-order chi connectivity index (χ0) is 16.1. The lowest BCUT2D eigenvalue weighted by atomic mass is 10.1. The number of anilines is 1. The SMILES string of the molecule is O=C(c1ccc(N2CCOC[C@H](CO)C2)nc1)N1CCOCC1. The average molecular weight is 321 g/mol. The van der Waals surface area contributed by atoms with Crippen LogP contribution in [0.1, 0.15) is 10.4 Å². The van der Waals surface area contributed by atoms with Crippen LogP contribution in [0.3, 0.4) is 0 Å². The van der Waals surface area contributed by atoms with E-state index in [-0.39, 0.29) is 18.4 Å². The lowest BCUT2D eigenvalue weighted by Crippen LogP contribution is -2.40. The Labute approximate surface area is 135 Å². The molecule has 2 aliphatic rings. The van der Waals surface area contributed by atoms with Gasteiger partial charge in [-0.05, 0) is 12.1 Å². The number of nitrogens with zero attached hydrogens (tertiary/aromatic N) is 3. The van der Waals surface area contributed by atoms with Crippen LogP contribution in [0.4, 0.5) is 5.82 Å². The smallest absolute Gasteiger partial charge is 0.255 e. The van der Waals surface area contributed by atoms with Gasteiger partial charge in [-0.3, -0.25) is 4.79 Å².